The minimum atomic E-state index is -0.985. The van der Waals surface area contributed by atoms with Gasteiger partial charge in [-0.15, -0.1) is 0 Å². The summed E-state index contributed by atoms with van der Waals surface area (Å²) in [5, 5.41) is 8.51. The standard InChI is InChI=1S/C12H15N3O3/c1-18-10-4-5-15(8-10)12-13-6-9(7-14-12)2-3-11(16)17/h2-3,6-7,10H,4-5,8H2,1H3,(H,16,17)/b3-2+. The Morgan fingerprint density at radius 2 is 2.28 bits per heavy atom. The SMILES string of the molecule is COC1CCN(c2ncc(/C=C/C(=O)O)cn2)C1. The molecule has 1 aliphatic rings. The van der Waals surface area contributed by atoms with E-state index < -0.39 is 5.97 Å². The highest BCUT2D eigenvalue weighted by atomic mass is 16.5. The second-order valence-corrected chi connectivity index (χ2v) is 4.08. The maximum absolute atomic E-state index is 10.4. The highest BCUT2D eigenvalue weighted by Gasteiger charge is 2.23. The van der Waals surface area contributed by atoms with Gasteiger partial charge in [-0.2, -0.15) is 0 Å². The van der Waals surface area contributed by atoms with Crippen LogP contribution in [0.25, 0.3) is 6.08 Å². The fraction of sp³-hybridized carbons (Fsp3) is 0.417. The lowest BCUT2D eigenvalue weighted by Crippen LogP contribution is -2.24. The molecule has 0 radical (unpaired) electrons. The molecule has 1 saturated heterocycles. The topological polar surface area (TPSA) is 75.5 Å². The number of ether oxygens (including phenoxy) is 1. The van der Waals surface area contributed by atoms with Gasteiger partial charge in [-0.1, -0.05) is 0 Å². The Labute approximate surface area is 105 Å². The molecule has 1 unspecified atom stereocenters. The van der Waals surface area contributed by atoms with Gasteiger partial charge in [0.25, 0.3) is 0 Å². The Morgan fingerprint density at radius 1 is 1.56 bits per heavy atom. The first kappa shape index (κ1) is 12.5. The molecule has 6 nitrogen and oxygen atoms in total. The molecule has 18 heavy (non-hydrogen) atoms. The van der Waals surface area contributed by atoms with Gasteiger partial charge in [0.1, 0.15) is 0 Å². The predicted octanol–water partition coefficient (Wildman–Crippen LogP) is 0.799. The molecule has 1 aromatic rings. The molecule has 1 fully saturated rings. The number of hydrogen-bond donors (Lipinski definition) is 1. The van der Waals surface area contributed by atoms with Crippen LogP contribution in [0.2, 0.25) is 0 Å². The predicted molar refractivity (Wildman–Crippen MR) is 66.3 cm³/mol. The number of carboxylic acids is 1. The highest BCUT2D eigenvalue weighted by Crippen LogP contribution is 2.17. The van der Waals surface area contributed by atoms with Crippen molar-refractivity contribution in [1.82, 2.24) is 9.97 Å². The highest BCUT2D eigenvalue weighted by molar-refractivity contribution is 5.85. The van der Waals surface area contributed by atoms with Gasteiger partial charge in [-0.3, -0.25) is 0 Å². The summed E-state index contributed by atoms with van der Waals surface area (Å²) in [5.41, 5.74) is 0.670. The monoisotopic (exact) mass is 249 g/mol. The van der Waals surface area contributed by atoms with E-state index in [0.717, 1.165) is 25.6 Å². The molecule has 0 spiro atoms. The molecule has 2 rings (SSSR count). The van der Waals surface area contributed by atoms with Crippen LogP contribution in [0.1, 0.15) is 12.0 Å². The number of nitrogens with zero attached hydrogens (tertiary/aromatic N) is 3. The Hall–Kier alpha value is -1.95. The van der Waals surface area contributed by atoms with Crippen LogP contribution in [0.3, 0.4) is 0 Å². The summed E-state index contributed by atoms with van der Waals surface area (Å²) in [4.78, 5) is 20.9. The average molecular weight is 249 g/mol. The Balaban J connectivity index is 2.02. The largest absolute Gasteiger partial charge is 0.478 e. The summed E-state index contributed by atoms with van der Waals surface area (Å²) in [6.07, 6.45) is 6.97. The number of rotatable bonds is 4. The molecule has 0 saturated carbocycles. The number of anilines is 1. The van der Waals surface area contributed by atoms with E-state index in [1.807, 2.05) is 0 Å². The quantitative estimate of drug-likeness (QED) is 0.795. The lowest BCUT2D eigenvalue weighted by atomic mass is 10.3. The van der Waals surface area contributed by atoms with Gasteiger partial charge in [-0.25, -0.2) is 14.8 Å². The maximum Gasteiger partial charge on any atom is 0.328 e. The van der Waals surface area contributed by atoms with Crippen molar-refractivity contribution in [3.8, 4) is 0 Å². The summed E-state index contributed by atoms with van der Waals surface area (Å²) < 4.78 is 5.28. The Kier molecular flexibility index (Phi) is 3.88. The summed E-state index contributed by atoms with van der Waals surface area (Å²) in [6.45, 7) is 1.67. The zero-order valence-corrected chi connectivity index (χ0v) is 10.1. The molecular formula is C12H15N3O3. The van der Waals surface area contributed by atoms with Crippen molar-refractivity contribution >= 4 is 18.0 Å². The van der Waals surface area contributed by atoms with Crippen LogP contribution >= 0.6 is 0 Å². The zero-order valence-electron chi connectivity index (χ0n) is 10.1. The minimum Gasteiger partial charge on any atom is -0.478 e. The molecule has 0 aliphatic carbocycles. The summed E-state index contributed by atoms with van der Waals surface area (Å²) in [7, 11) is 1.70. The van der Waals surface area contributed by atoms with Gasteiger partial charge in [0.05, 0.1) is 6.10 Å². The lowest BCUT2D eigenvalue weighted by Gasteiger charge is -2.15. The summed E-state index contributed by atoms with van der Waals surface area (Å²) in [5.74, 6) is -0.330. The van der Waals surface area contributed by atoms with E-state index in [0.29, 0.717) is 11.5 Å². The van der Waals surface area contributed by atoms with Crippen molar-refractivity contribution < 1.29 is 14.6 Å². The first-order valence-electron chi connectivity index (χ1n) is 5.70. The molecule has 6 heteroatoms. The molecule has 0 bridgehead atoms. The second kappa shape index (κ2) is 5.59. The molecule has 1 N–H and O–H groups in total. The molecule has 96 valence electrons. The van der Waals surface area contributed by atoms with Gasteiger partial charge >= 0.3 is 5.97 Å². The molecule has 1 aromatic heterocycles. The fourth-order valence-electron chi connectivity index (χ4n) is 1.85. The Bertz CT molecular complexity index is 444. The van der Waals surface area contributed by atoms with Crippen LogP contribution in [0.15, 0.2) is 18.5 Å². The van der Waals surface area contributed by atoms with Crippen molar-refractivity contribution in [2.45, 2.75) is 12.5 Å². The third-order valence-corrected chi connectivity index (χ3v) is 2.84. The van der Waals surface area contributed by atoms with Crippen molar-refractivity contribution in [2.75, 3.05) is 25.1 Å². The Morgan fingerprint density at radius 3 is 2.83 bits per heavy atom. The van der Waals surface area contributed by atoms with Crippen LogP contribution in [0.5, 0.6) is 0 Å². The van der Waals surface area contributed by atoms with Crippen molar-refractivity contribution in [3.05, 3.63) is 24.0 Å². The normalized spacial score (nSPS) is 19.6. The van der Waals surface area contributed by atoms with E-state index in [4.69, 9.17) is 9.84 Å². The number of aromatic nitrogens is 2. The number of hydrogen-bond acceptors (Lipinski definition) is 5. The van der Waals surface area contributed by atoms with Gasteiger partial charge in [-0.05, 0) is 12.5 Å². The molecule has 0 aromatic carbocycles. The van der Waals surface area contributed by atoms with E-state index in [-0.39, 0.29) is 6.10 Å². The van der Waals surface area contributed by atoms with Crippen LogP contribution < -0.4 is 4.90 Å². The van der Waals surface area contributed by atoms with Crippen molar-refractivity contribution in [3.63, 3.8) is 0 Å². The van der Waals surface area contributed by atoms with Gasteiger partial charge in [0, 0.05) is 44.2 Å². The van der Waals surface area contributed by atoms with E-state index in [1.54, 1.807) is 19.5 Å². The third kappa shape index (κ3) is 3.04. The van der Waals surface area contributed by atoms with Gasteiger partial charge < -0.3 is 14.7 Å². The van der Waals surface area contributed by atoms with Crippen LogP contribution in [0, 0.1) is 0 Å². The van der Waals surface area contributed by atoms with Crippen LogP contribution in [0.4, 0.5) is 5.95 Å². The average Bonchev–Trinajstić information content (AvgIpc) is 2.85. The lowest BCUT2D eigenvalue weighted by molar-refractivity contribution is -0.131. The van der Waals surface area contributed by atoms with Crippen molar-refractivity contribution in [2.24, 2.45) is 0 Å². The molecular weight excluding hydrogens is 234 g/mol. The van der Waals surface area contributed by atoms with Crippen LogP contribution in [-0.2, 0) is 9.53 Å². The summed E-state index contributed by atoms with van der Waals surface area (Å²) >= 11 is 0. The summed E-state index contributed by atoms with van der Waals surface area (Å²) in [6, 6.07) is 0. The molecule has 1 atom stereocenters. The molecule has 2 heterocycles. The number of carbonyl (C=O) groups is 1. The van der Waals surface area contributed by atoms with E-state index in [9.17, 15) is 4.79 Å². The molecule has 1 aliphatic heterocycles. The molecule has 0 amide bonds. The van der Waals surface area contributed by atoms with Gasteiger partial charge in [0.15, 0.2) is 0 Å². The smallest absolute Gasteiger partial charge is 0.328 e. The van der Waals surface area contributed by atoms with E-state index >= 15 is 0 Å². The first-order chi connectivity index (χ1) is 8.69. The number of aliphatic carboxylic acids is 1. The zero-order chi connectivity index (χ0) is 13.0. The number of carboxylic acid groups (broad SMARTS) is 1. The number of methoxy groups -OCH3 is 1. The maximum atomic E-state index is 10.4. The van der Waals surface area contributed by atoms with Crippen molar-refractivity contribution in [1.29, 1.82) is 0 Å². The van der Waals surface area contributed by atoms with E-state index in [1.165, 1.54) is 6.08 Å². The van der Waals surface area contributed by atoms with E-state index in [2.05, 4.69) is 14.9 Å². The fourth-order valence-corrected chi connectivity index (χ4v) is 1.85. The first-order valence-corrected chi connectivity index (χ1v) is 5.70. The minimum absolute atomic E-state index is 0.236. The third-order valence-electron chi connectivity index (χ3n) is 2.84. The van der Waals surface area contributed by atoms with Crippen LogP contribution in [-0.4, -0.2) is 47.3 Å². The second-order valence-electron chi connectivity index (χ2n) is 4.08. The van der Waals surface area contributed by atoms with Gasteiger partial charge in [0.2, 0.25) is 5.95 Å².